The van der Waals surface area contributed by atoms with E-state index in [-0.39, 0.29) is 31.1 Å². The number of rotatable bonds is 61. The lowest BCUT2D eigenvalue weighted by Gasteiger charge is -2.18. The molecule has 1 atom stereocenters. The third-order valence-electron chi connectivity index (χ3n) is 14.7. The summed E-state index contributed by atoms with van der Waals surface area (Å²) >= 11 is 0. The Hall–Kier alpha value is -3.15. The van der Waals surface area contributed by atoms with Gasteiger partial charge in [-0.1, -0.05) is 325 Å². The Bertz CT molecular complexity index is 1420. The molecular formula is C71H126O6. The molecule has 446 valence electrons. The Morgan fingerprint density at radius 3 is 0.792 bits per heavy atom. The van der Waals surface area contributed by atoms with Gasteiger partial charge in [0.1, 0.15) is 13.2 Å². The average molecular weight is 1080 g/mol. The zero-order valence-electron chi connectivity index (χ0n) is 51.2. The van der Waals surface area contributed by atoms with Gasteiger partial charge >= 0.3 is 17.9 Å². The van der Waals surface area contributed by atoms with Crippen LogP contribution in [0.25, 0.3) is 0 Å². The highest BCUT2D eigenvalue weighted by molar-refractivity contribution is 5.71. The Kier molecular flexibility index (Phi) is 62.7. The monoisotopic (exact) mass is 1070 g/mol. The third kappa shape index (κ3) is 63.6. The Balaban J connectivity index is 4.23. The van der Waals surface area contributed by atoms with E-state index in [1.54, 1.807) is 0 Å². The van der Waals surface area contributed by atoms with E-state index in [9.17, 15) is 14.4 Å². The van der Waals surface area contributed by atoms with Crippen LogP contribution in [0.1, 0.15) is 342 Å². The molecule has 6 nitrogen and oxygen atoms in total. The second-order valence-electron chi connectivity index (χ2n) is 22.4. The molecular weight excluding hydrogens is 949 g/mol. The van der Waals surface area contributed by atoms with E-state index in [1.165, 1.54) is 199 Å². The highest BCUT2D eigenvalue weighted by atomic mass is 16.6. The fourth-order valence-electron chi connectivity index (χ4n) is 9.74. The summed E-state index contributed by atoms with van der Waals surface area (Å²) in [5.41, 5.74) is 0. The van der Waals surface area contributed by atoms with Crippen molar-refractivity contribution in [3.63, 3.8) is 0 Å². The van der Waals surface area contributed by atoms with Crippen LogP contribution in [0.2, 0.25) is 0 Å². The maximum atomic E-state index is 12.9. The van der Waals surface area contributed by atoms with Crippen LogP contribution in [0.3, 0.4) is 0 Å². The number of hydrogen-bond acceptors (Lipinski definition) is 6. The number of carbonyl (C=O) groups is 3. The lowest BCUT2D eigenvalue weighted by atomic mass is 10.0. The van der Waals surface area contributed by atoms with Gasteiger partial charge in [-0.05, 0) is 70.6 Å². The van der Waals surface area contributed by atoms with E-state index in [0.717, 1.165) is 103 Å². The normalized spacial score (nSPS) is 12.5. The van der Waals surface area contributed by atoms with Gasteiger partial charge in [0, 0.05) is 19.3 Å². The minimum absolute atomic E-state index is 0.0731. The molecule has 77 heavy (non-hydrogen) atoms. The zero-order chi connectivity index (χ0) is 55.7. The second kappa shape index (κ2) is 65.4. The van der Waals surface area contributed by atoms with Crippen LogP contribution in [-0.4, -0.2) is 37.2 Å². The first-order valence-corrected chi connectivity index (χ1v) is 33.4. The van der Waals surface area contributed by atoms with Gasteiger partial charge < -0.3 is 14.2 Å². The van der Waals surface area contributed by atoms with Crippen molar-refractivity contribution in [2.45, 2.75) is 348 Å². The van der Waals surface area contributed by atoms with Crippen LogP contribution < -0.4 is 0 Å². The van der Waals surface area contributed by atoms with Gasteiger partial charge in [0.25, 0.3) is 0 Å². The minimum Gasteiger partial charge on any atom is -0.462 e. The summed E-state index contributed by atoms with van der Waals surface area (Å²) in [6.07, 6.45) is 84.9. The number of ether oxygens (including phenoxy) is 3. The Labute approximate surface area is 478 Å². The van der Waals surface area contributed by atoms with Crippen LogP contribution in [0.5, 0.6) is 0 Å². The second-order valence-corrected chi connectivity index (χ2v) is 22.4. The van der Waals surface area contributed by atoms with Gasteiger partial charge in [-0.25, -0.2) is 0 Å². The van der Waals surface area contributed by atoms with Gasteiger partial charge in [-0.15, -0.1) is 0 Å². The van der Waals surface area contributed by atoms with E-state index in [0.29, 0.717) is 19.3 Å². The molecule has 0 aromatic carbocycles. The lowest BCUT2D eigenvalue weighted by molar-refractivity contribution is -0.167. The zero-order valence-corrected chi connectivity index (χ0v) is 51.2. The maximum absolute atomic E-state index is 12.9. The SMILES string of the molecule is CC/C=C\C/C=C\C/C=C\C/C=C\C/C=C\C/C=C\CCCCCCCCCCC(=O)OCC(COC(=O)CCCCCCCCCCCC)OC(=O)CCCCCCCCCCCCCCCCCCCCCCCC. The number of unbranched alkanes of at least 4 members (excludes halogenated alkanes) is 38. The number of hydrogen-bond donors (Lipinski definition) is 0. The molecule has 0 aliphatic heterocycles. The van der Waals surface area contributed by atoms with Crippen molar-refractivity contribution in [3.8, 4) is 0 Å². The van der Waals surface area contributed by atoms with Crippen LogP contribution in [0.15, 0.2) is 72.9 Å². The summed E-state index contributed by atoms with van der Waals surface area (Å²) in [6, 6.07) is 0. The standard InChI is InChI=1S/C71H126O6/c1-4-7-10-13-16-19-22-24-26-28-30-32-34-35-36-37-38-40-41-43-45-47-49-52-55-58-61-64-70(73)76-67-68(66-75-69(72)63-60-57-54-51-21-18-15-12-9-6-3)77-71(74)65-62-59-56-53-50-48-46-44-42-39-33-31-29-27-25-23-20-17-14-11-8-5-2/h7,10,16,19,24,26,30,32,35-36,38,40,68H,4-6,8-9,11-15,17-18,20-23,25,27-29,31,33-34,37,39,41-67H2,1-3H3/b10-7-,19-16-,26-24-,32-30-,36-35-,40-38-. The quantitative estimate of drug-likeness (QED) is 0.0261. The molecule has 0 radical (unpaired) electrons. The van der Waals surface area contributed by atoms with Crippen molar-refractivity contribution in [2.24, 2.45) is 0 Å². The number of esters is 3. The topological polar surface area (TPSA) is 78.9 Å². The molecule has 6 heteroatoms. The van der Waals surface area contributed by atoms with E-state index in [4.69, 9.17) is 14.2 Å². The molecule has 0 amide bonds. The van der Waals surface area contributed by atoms with E-state index in [1.807, 2.05) is 0 Å². The smallest absolute Gasteiger partial charge is 0.306 e. The summed E-state index contributed by atoms with van der Waals surface area (Å²) < 4.78 is 16.9. The van der Waals surface area contributed by atoms with Crippen molar-refractivity contribution in [3.05, 3.63) is 72.9 Å². The molecule has 0 aliphatic rings. The van der Waals surface area contributed by atoms with Crippen LogP contribution in [-0.2, 0) is 28.6 Å². The van der Waals surface area contributed by atoms with Crippen molar-refractivity contribution in [2.75, 3.05) is 13.2 Å². The van der Waals surface area contributed by atoms with Gasteiger partial charge in [-0.2, -0.15) is 0 Å². The van der Waals surface area contributed by atoms with Crippen LogP contribution in [0.4, 0.5) is 0 Å². The van der Waals surface area contributed by atoms with E-state index < -0.39 is 6.10 Å². The van der Waals surface area contributed by atoms with Gasteiger partial charge in [0.05, 0.1) is 0 Å². The molecule has 0 aliphatic carbocycles. The van der Waals surface area contributed by atoms with Crippen LogP contribution >= 0.6 is 0 Å². The van der Waals surface area contributed by atoms with Crippen molar-refractivity contribution < 1.29 is 28.6 Å². The molecule has 0 fully saturated rings. The highest BCUT2D eigenvalue weighted by Gasteiger charge is 2.19. The van der Waals surface area contributed by atoms with Crippen LogP contribution in [0, 0.1) is 0 Å². The molecule has 0 N–H and O–H groups in total. The fraction of sp³-hybridized carbons (Fsp3) is 0.789. The van der Waals surface area contributed by atoms with Crippen molar-refractivity contribution >= 4 is 17.9 Å². The molecule has 0 bridgehead atoms. The van der Waals surface area contributed by atoms with E-state index >= 15 is 0 Å². The average Bonchev–Trinajstić information content (AvgIpc) is 3.43. The summed E-state index contributed by atoms with van der Waals surface area (Å²) in [5.74, 6) is -0.864. The summed E-state index contributed by atoms with van der Waals surface area (Å²) in [7, 11) is 0. The number of allylic oxidation sites excluding steroid dienone is 12. The molecule has 0 rings (SSSR count). The molecule has 0 spiro atoms. The highest BCUT2D eigenvalue weighted by Crippen LogP contribution is 2.18. The molecule has 0 saturated heterocycles. The maximum Gasteiger partial charge on any atom is 0.306 e. The molecule has 0 aromatic rings. The minimum atomic E-state index is -0.776. The molecule has 0 aromatic heterocycles. The molecule has 0 heterocycles. The predicted molar refractivity (Wildman–Crippen MR) is 335 cm³/mol. The number of carbonyl (C=O) groups excluding carboxylic acids is 3. The third-order valence-corrected chi connectivity index (χ3v) is 14.7. The predicted octanol–water partition coefficient (Wildman–Crippen LogP) is 22.9. The van der Waals surface area contributed by atoms with Gasteiger partial charge in [0.2, 0.25) is 0 Å². The summed E-state index contributed by atoms with van der Waals surface area (Å²) in [6.45, 7) is 6.56. The van der Waals surface area contributed by atoms with Gasteiger partial charge in [0.15, 0.2) is 6.10 Å². The van der Waals surface area contributed by atoms with Crippen molar-refractivity contribution in [1.29, 1.82) is 0 Å². The first kappa shape index (κ1) is 73.8. The molecule has 0 saturated carbocycles. The van der Waals surface area contributed by atoms with Crippen molar-refractivity contribution in [1.82, 2.24) is 0 Å². The first-order chi connectivity index (χ1) is 38.0. The Morgan fingerprint density at radius 2 is 0.506 bits per heavy atom. The summed E-state index contributed by atoms with van der Waals surface area (Å²) in [4.78, 5) is 38.3. The lowest BCUT2D eigenvalue weighted by Crippen LogP contribution is -2.30. The summed E-state index contributed by atoms with van der Waals surface area (Å²) in [5, 5.41) is 0. The largest absolute Gasteiger partial charge is 0.462 e. The van der Waals surface area contributed by atoms with Gasteiger partial charge in [-0.3, -0.25) is 14.4 Å². The van der Waals surface area contributed by atoms with E-state index in [2.05, 4.69) is 93.7 Å². The Morgan fingerprint density at radius 1 is 0.273 bits per heavy atom. The fourth-order valence-corrected chi connectivity index (χ4v) is 9.74. The first-order valence-electron chi connectivity index (χ1n) is 33.4. The molecule has 1 unspecified atom stereocenters.